The monoisotopic (exact) mass is 243 g/mol. The molecule has 0 bridgehead atoms. The van der Waals surface area contributed by atoms with Crippen molar-refractivity contribution in [3.05, 3.63) is 0 Å². The molecule has 1 heterocycles. The maximum absolute atomic E-state index is 12.0. The first-order valence-corrected chi connectivity index (χ1v) is 5.97. The summed E-state index contributed by atoms with van der Waals surface area (Å²) < 4.78 is 5.23. The lowest BCUT2D eigenvalue weighted by atomic mass is 9.79. The Balaban J connectivity index is 2.46. The van der Waals surface area contributed by atoms with Gasteiger partial charge in [0.15, 0.2) is 0 Å². The fourth-order valence-corrected chi connectivity index (χ4v) is 1.89. The standard InChI is InChI=1S/C11H21N3O3/c1-2-13-9(15)7-14-10(16)11(8-12)3-5-17-6-4-11/h2-8,12H2,1H3,(H,13,15)(H,14,16). The van der Waals surface area contributed by atoms with E-state index in [0.29, 0.717) is 32.6 Å². The van der Waals surface area contributed by atoms with E-state index < -0.39 is 5.41 Å². The fourth-order valence-electron chi connectivity index (χ4n) is 1.89. The first-order chi connectivity index (χ1) is 8.14. The molecule has 0 aromatic rings. The zero-order valence-corrected chi connectivity index (χ0v) is 10.3. The van der Waals surface area contributed by atoms with Gasteiger partial charge in [-0.05, 0) is 19.8 Å². The van der Waals surface area contributed by atoms with Crippen LogP contribution in [0.15, 0.2) is 0 Å². The van der Waals surface area contributed by atoms with E-state index in [9.17, 15) is 9.59 Å². The van der Waals surface area contributed by atoms with Gasteiger partial charge in [-0.3, -0.25) is 9.59 Å². The summed E-state index contributed by atoms with van der Waals surface area (Å²) in [5.41, 5.74) is 5.12. The van der Waals surface area contributed by atoms with Crippen LogP contribution in [0.3, 0.4) is 0 Å². The number of rotatable bonds is 5. The average Bonchev–Trinajstić information content (AvgIpc) is 2.37. The minimum absolute atomic E-state index is 0.00921. The SMILES string of the molecule is CCNC(=O)CNC(=O)C1(CN)CCOCC1. The Morgan fingerprint density at radius 2 is 1.94 bits per heavy atom. The Labute approximate surface area is 101 Å². The van der Waals surface area contributed by atoms with Crippen LogP contribution in [0.25, 0.3) is 0 Å². The summed E-state index contributed by atoms with van der Waals surface area (Å²) in [6, 6.07) is 0. The van der Waals surface area contributed by atoms with Crippen molar-refractivity contribution in [1.29, 1.82) is 0 Å². The summed E-state index contributed by atoms with van der Waals surface area (Å²) in [5, 5.41) is 5.27. The molecule has 6 heteroatoms. The van der Waals surface area contributed by atoms with Gasteiger partial charge in [-0.25, -0.2) is 0 Å². The molecule has 98 valence electrons. The molecule has 0 unspecified atom stereocenters. The summed E-state index contributed by atoms with van der Waals surface area (Å²) in [4.78, 5) is 23.3. The van der Waals surface area contributed by atoms with Crippen molar-refractivity contribution < 1.29 is 14.3 Å². The molecule has 0 atom stereocenters. The van der Waals surface area contributed by atoms with E-state index in [1.807, 2.05) is 6.92 Å². The van der Waals surface area contributed by atoms with Crippen molar-refractivity contribution in [1.82, 2.24) is 10.6 Å². The summed E-state index contributed by atoms with van der Waals surface area (Å²) >= 11 is 0. The summed E-state index contributed by atoms with van der Waals surface area (Å²) in [6.45, 7) is 3.79. The third-order valence-electron chi connectivity index (χ3n) is 3.11. The minimum atomic E-state index is -0.565. The Hall–Kier alpha value is -1.14. The number of nitrogens with one attached hydrogen (secondary N) is 2. The summed E-state index contributed by atoms with van der Waals surface area (Å²) in [6.07, 6.45) is 1.23. The number of carbonyl (C=O) groups excluding carboxylic acids is 2. The lowest BCUT2D eigenvalue weighted by Crippen LogP contribution is -2.51. The molecule has 0 saturated carbocycles. The Kier molecular flexibility index (Phi) is 5.37. The molecule has 1 aliphatic rings. The molecule has 6 nitrogen and oxygen atoms in total. The van der Waals surface area contributed by atoms with Gasteiger partial charge in [0, 0.05) is 26.3 Å². The minimum Gasteiger partial charge on any atom is -0.381 e. The van der Waals surface area contributed by atoms with Crippen molar-refractivity contribution in [2.24, 2.45) is 11.1 Å². The normalized spacial score (nSPS) is 18.5. The van der Waals surface area contributed by atoms with Crippen molar-refractivity contribution in [3.63, 3.8) is 0 Å². The van der Waals surface area contributed by atoms with Crippen molar-refractivity contribution in [2.75, 3.05) is 32.8 Å². The van der Waals surface area contributed by atoms with Crippen LogP contribution in [0.1, 0.15) is 19.8 Å². The van der Waals surface area contributed by atoms with Gasteiger partial charge in [0.2, 0.25) is 11.8 Å². The highest BCUT2D eigenvalue weighted by molar-refractivity contribution is 5.88. The number of likely N-dealkylation sites (N-methyl/N-ethyl adjacent to an activating group) is 1. The van der Waals surface area contributed by atoms with E-state index in [4.69, 9.17) is 10.5 Å². The fraction of sp³-hybridized carbons (Fsp3) is 0.818. The molecule has 1 aliphatic heterocycles. The van der Waals surface area contributed by atoms with Crippen molar-refractivity contribution in [2.45, 2.75) is 19.8 Å². The quantitative estimate of drug-likeness (QED) is 0.577. The highest BCUT2D eigenvalue weighted by atomic mass is 16.5. The maximum Gasteiger partial charge on any atom is 0.239 e. The van der Waals surface area contributed by atoms with Gasteiger partial charge in [-0.1, -0.05) is 0 Å². The topological polar surface area (TPSA) is 93.5 Å². The number of hydrogen-bond donors (Lipinski definition) is 3. The largest absolute Gasteiger partial charge is 0.381 e. The van der Waals surface area contributed by atoms with E-state index in [1.54, 1.807) is 0 Å². The first kappa shape index (κ1) is 13.9. The molecule has 1 fully saturated rings. The maximum atomic E-state index is 12.0. The van der Waals surface area contributed by atoms with E-state index in [0.717, 1.165) is 0 Å². The van der Waals surface area contributed by atoms with Crippen LogP contribution in [0.4, 0.5) is 0 Å². The van der Waals surface area contributed by atoms with Gasteiger partial charge in [0.25, 0.3) is 0 Å². The number of ether oxygens (including phenoxy) is 1. The number of amides is 2. The number of carbonyl (C=O) groups is 2. The highest BCUT2D eigenvalue weighted by Crippen LogP contribution is 2.29. The molecule has 2 amide bonds. The Bertz CT molecular complexity index is 275. The Morgan fingerprint density at radius 1 is 1.29 bits per heavy atom. The van der Waals surface area contributed by atoms with Crippen LogP contribution >= 0.6 is 0 Å². The van der Waals surface area contributed by atoms with E-state index in [1.165, 1.54) is 0 Å². The lowest BCUT2D eigenvalue weighted by Gasteiger charge is -2.34. The second kappa shape index (κ2) is 6.56. The molecule has 4 N–H and O–H groups in total. The Morgan fingerprint density at radius 3 is 2.47 bits per heavy atom. The molecule has 1 saturated heterocycles. The van der Waals surface area contributed by atoms with Gasteiger partial charge in [0.05, 0.1) is 12.0 Å². The first-order valence-electron chi connectivity index (χ1n) is 5.97. The number of nitrogens with two attached hydrogens (primary N) is 1. The zero-order chi connectivity index (χ0) is 12.7. The zero-order valence-electron chi connectivity index (χ0n) is 10.3. The van der Waals surface area contributed by atoms with Crippen molar-refractivity contribution >= 4 is 11.8 Å². The van der Waals surface area contributed by atoms with Crippen LogP contribution < -0.4 is 16.4 Å². The second-order valence-electron chi connectivity index (χ2n) is 4.23. The van der Waals surface area contributed by atoms with Crippen LogP contribution in [0.5, 0.6) is 0 Å². The molecule has 0 spiro atoms. The summed E-state index contributed by atoms with van der Waals surface area (Å²) in [5.74, 6) is -0.324. The van der Waals surface area contributed by atoms with E-state index >= 15 is 0 Å². The van der Waals surface area contributed by atoms with Gasteiger partial charge in [-0.15, -0.1) is 0 Å². The van der Waals surface area contributed by atoms with Crippen LogP contribution in [0.2, 0.25) is 0 Å². The second-order valence-corrected chi connectivity index (χ2v) is 4.23. The van der Waals surface area contributed by atoms with Crippen molar-refractivity contribution in [3.8, 4) is 0 Å². The third kappa shape index (κ3) is 3.67. The third-order valence-corrected chi connectivity index (χ3v) is 3.11. The molecular formula is C11H21N3O3. The predicted octanol–water partition coefficient (Wildman–Crippen LogP) is -1.01. The van der Waals surface area contributed by atoms with Crippen LogP contribution in [-0.2, 0) is 14.3 Å². The molecule has 1 rings (SSSR count). The molecule has 0 radical (unpaired) electrons. The predicted molar refractivity (Wildman–Crippen MR) is 63.2 cm³/mol. The van der Waals surface area contributed by atoms with Gasteiger partial charge in [-0.2, -0.15) is 0 Å². The van der Waals surface area contributed by atoms with E-state index in [-0.39, 0.29) is 24.9 Å². The van der Waals surface area contributed by atoms with E-state index in [2.05, 4.69) is 10.6 Å². The summed E-state index contributed by atoms with van der Waals surface area (Å²) in [7, 11) is 0. The highest BCUT2D eigenvalue weighted by Gasteiger charge is 2.38. The van der Waals surface area contributed by atoms with Gasteiger partial charge < -0.3 is 21.1 Å². The molecule has 0 aliphatic carbocycles. The van der Waals surface area contributed by atoms with Gasteiger partial charge >= 0.3 is 0 Å². The molecule has 0 aromatic heterocycles. The molecule has 17 heavy (non-hydrogen) atoms. The van der Waals surface area contributed by atoms with Gasteiger partial charge in [0.1, 0.15) is 0 Å². The average molecular weight is 243 g/mol. The molecule has 0 aromatic carbocycles. The smallest absolute Gasteiger partial charge is 0.239 e. The number of hydrogen-bond acceptors (Lipinski definition) is 4. The molecular weight excluding hydrogens is 222 g/mol. The van der Waals surface area contributed by atoms with Crippen LogP contribution in [-0.4, -0.2) is 44.7 Å². The van der Waals surface area contributed by atoms with Crippen LogP contribution in [0, 0.1) is 5.41 Å². The lowest BCUT2D eigenvalue weighted by molar-refractivity contribution is -0.137.